The lowest BCUT2D eigenvalue weighted by Crippen LogP contribution is -2.43. The molecule has 138 valence electrons. The highest BCUT2D eigenvalue weighted by Crippen LogP contribution is 2.36. The van der Waals surface area contributed by atoms with Crippen molar-refractivity contribution in [1.82, 2.24) is 4.90 Å². The Morgan fingerprint density at radius 1 is 0.875 bits per heavy atom. The minimum Gasteiger partial charge on any atom is -0.395 e. The monoisotopic (exact) mass is 333 g/mol. The quantitative estimate of drug-likeness (QED) is 0.709. The fourth-order valence-electron chi connectivity index (χ4n) is 5.32. The third-order valence-corrected chi connectivity index (χ3v) is 6.55. The molecule has 0 amide bonds. The Hall–Kier alpha value is -0.600. The molecular weight excluding hydrogens is 294 g/mol. The topological polar surface area (TPSA) is 23.5 Å². The number of aliphatic hydroxyl groups is 1. The van der Waals surface area contributed by atoms with Crippen LogP contribution in [0.3, 0.4) is 0 Å². The van der Waals surface area contributed by atoms with Crippen molar-refractivity contribution in [2.45, 2.75) is 54.4 Å². The van der Waals surface area contributed by atoms with Crippen LogP contribution < -0.4 is 0 Å². The maximum absolute atomic E-state index is 9.58. The Bertz CT molecular complexity index is 427. The molecule has 0 aromatic carbocycles. The molecule has 6 atom stereocenters. The summed E-state index contributed by atoms with van der Waals surface area (Å²) in [5.74, 6) is 4.22. The van der Waals surface area contributed by atoms with Crippen LogP contribution >= 0.6 is 0 Å². The second kappa shape index (κ2) is 8.67. The summed E-state index contributed by atoms with van der Waals surface area (Å²) in [6, 6.07) is 0. The molecule has 2 rings (SSSR count). The van der Waals surface area contributed by atoms with Crippen LogP contribution in [-0.4, -0.2) is 36.2 Å². The summed E-state index contributed by atoms with van der Waals surface area (Å²) in [5, 5.41) is 9.58. The van der Waals surface area contributed by atoms with E-state index in [0.717, 1.165) is 31.5 Å². The van der Waals surface area contributed by atoms with Gasteiger partial charge in [0.2, 0.25) is 0 Å². The van der Waals surface area contributed by atoms with E-state index in [1.165, 1.54) is 12.8 Å². The first-order valence-corrected chi connectivity index (χ1v) is 9.99. The van der Waals surface area contributed by atoms with Crippen molar-refractivity contribution in [1.29, 1.82) is 0 Å². The molecule has 2 aliphatic rings. The maximum atomic E-state index is 9.58. The van der Waals surface area contributed by atoms with Gasteiger partial charge in [0.05, 0.1) is 6.61 Å². The standard InChI is InChI=1S/C22H39NO/c1-15-9-17(3)21(18(4)10-15)13-23(7-8-24)14-22-19(5)11-16(2)12-20(22)6/h9,11,17-22,24H,7-8,10,12-14H2,1-6H3/t17-,18-,19-,20-,21+,22+/m0/s1. The zero-order valence-electron chi connectivity index (χ0n) is 16.8. The van der Waals surface area contributed by atoms with E-state index in [4.69, 9.17) is 0 Å². The molecule has 0 heterocycles. The van der Waals surface area contributed by atoms with Gasteiger partial charge in [-0.25, -0.2) is 0 Å². The van der Waals surface area contributed by atoms with Crippen LogP contribution in [0.25, 0.3) is 0 Å². The van der Waals surface area contributed by atoms with Crippen LogP contribution in [0, 0.1) is 35.5 Å². The normalized spacial score (nSPS) is 37.3. The van der Waals surface area contributed by atoms with Crippen molar-refractivity contribution in [3.8, 4) is 0 Å². The predicted octanol–water partition coefficient (Wildman–Crippen LogP) is 4.76. The van der Waals surface area contributed by atoms with Crippen LogP contribution in [0.1, 0.15) is 54.4 Å². The van der Waals surface area contributed by atoms with Crippen LogP contribution in [0.2, 0.25) is 0 Å². The molecule has 2 nitrogen and oxygen atoms in total. The Balaban J connectivity index is 2.04. The third-order valence-electron chi connectivity index (χ3n) is 6.55. The van der Waals surface area contributed by atoms with Crippen LogP contribution in [0.4, 0.5) is 0 Å². The van der Waals surface area contributed by atoms with E-state index in [9.17, 15) is 5.11 Å². The molecule has 0 radical (unpaired) electrons. The Kier molecular flexibility index (Phi) is 7.12. The van der Waals surface area contributed by atoms with Gasteiger partial charge in [-0.1, -0.05) is 51.0 Å². The minimum atomic E-state index is 0.273. The first kappa shape index (κ1) is 19.7. The molecule has 0 aromatic heterocycles. The van der Waals surface area contributed by atoms with E-state index < -0.39 is 0 Å². The Morgan fingerprint density at radius 2 is 1.29 bits per heavy atom. The summed E-state index contributed by atoms with van der Waals surface area (Å²) >= 11 is 0. The summed E-state index contributed by atoms with van der Waals surface area (Å²) in [4.78, 5) is 2.55. The largest absolute Gasteiger partial charge is 0.395 e. The maximum Gasteiger partial charge on any atom is 0.0558 e. The van der Waals surface area contributed by atoms with Gasteiger partial charge in [0.25, 0.3) is 0 Å². The number of rotatable bonds is 6. The van der Waals surface area contributed by atoms with Gasteiger partial charge in [-0.2, -0.15) is 0 Å². The first-order valence-electron chi connectivity index (χ1n) is 9.99. The molecule has 24 heavy (non-hydrogen) atoms. The zero-order valence-corrected chi connectivity index (χ0v) is 16.8. The van der Waals surface area contributed by atoms with Gasteiger partial charge < -0.3 is 10.0 Å². The molecular formula is C22H39NO. The fourth-order valence-corrected chi connectivity index (χ4v) is 5.32. The molecule has 0 aromatic rings. The van der Waals surface area contributed by atoms with E-state index in [0.29, 0.717) is 23.7 Å². The predicted molar refractivity (Wildman–Crippen MR) is 104 cm³/mol. The lowest BCUT2D eigenvalue weighted by atomic mass is 9.73. The number of aliphatic hydroxyl groups excluding tert-OH is 1. The lowest BCUT2D eigenvalue weighted by Gasteiger charge is -2.41. The molecule has 0 spiro atoms. The van der Waals surface area contributed by atoms with Crippen LogP contribution in [0.5, 0.6) is 0 Å². The smallest absolute Gasteiger partial charge is 0.0558 e. The number of nitrogens with zero attached hydrogens (tertiary/aromatic N) is 1. The van der Waals surface area contributed by atoms with Crippen molar-refractivity contribution < 1.29 is 5.11 Å². The molecule has 1 N–H and O–H groups in total. The van der Waals surface area contributed by atoms with Crippen LogP contribution in [0.15, 0.2) is 23.3 Å². The second-order valence-electron chi connectivity index (χ2n) is 8.92. The molecule has 0 bridgehead atoms. The van der Waals surface area contributed by atoms with E-state index in [1.807, 2.05) is 0 Å². The Morgan fingerprint density at radius 3 is 1.62 bits per heavy atom. The zero-order chi connectivity index (χ0) is 17.9. The highest BCUT2D eigenvalue weighted by molar-refractivity contribution is 5.10. The number of hydrogen-bond acceptors (Lipinski definition) is 2. The molecule has 0 fully saturated rings. The third kappa shape index (κ3) is 4.95. The van der Waals surface area contributed by atoms with E-state index in [2.05, 4.69) is 58.6 Å². The molecule has 2 heteroatoms. The molecule has 0 saturated carbocycles. The lowest BCUT2D eigenvalue weighted by molar-refractivity contribution is 0.0960. The summed E-state index contributed by atoms with van der Waals surface area (Å²) in [6.45, 7) is 17.5. The van der Waals surface area contributed by atoms with E-state index in [-0.39, 0.29) is 6.61 Å². The van der Waals surface area contributed by atoms with Gasteiger partial charge in [-0.05, 0) is 62.2 Å². The molecule has 0 saturated heterocycles. The summed E-state index contributed by atoms with van der Waals surface area (Å²) in [7, 11) is 0. The number of allylic oxidation sites excluding steroid dienone is 4. The van der Waals surface area contributed by atoms with Gasteiger partial charge in [0.15, 0.2) is 0 Å². The van der Waals surface area contributed by atoms with Gasteiger partial charge in [-0.15, -0.1) is 0 Å². The molecule has 0 unspecified atom stereocenters. The molecule has 2 aliphatic carbocycles. The van der Waals surface area contributed by atoms with Crippen molar-refractivity contribution in [2.24, 2.45) is 35.5 Å². The van der Waals surface area contributed by atoms with E-state index in [1.54, 1.807) is 11.1 Å². The first-order chi connectivity index (χ1) is 11.3. The highest BCUT2D eigenvalue weighted by atomic mass is 16.3. The van der Waals surface area contributed by atoms with Crippen molar-refractivity contribution in [2.75, 3.05) is 26.2 Å². The highest BCUT2D eigenvalue weighted by Gasteiger charge is 2.32. The molecule has 0 aliphatic heterocycles. The minimum absolute atomic E-state index is 0.273. The van der Waals surface area contributed by atoms with Gasteiger partial charge in [0.1, 0.15) is 0 Å². The van der Waals surface area contributed by atoms with Gasteiger partial charge >= 0.3 is 0 Å². The summed E-state index contributed by atoms with van der Waals surface area (Å²) in [6.07, 6.45) is 7.42. The van der Waals surface area contributed by atoms with Gasteiger partial charge in [0, 0.05) is 19.6 Å². The van der Waals surface area contributed by atoms with Crippen molar-refractivity contribution in [3.63, 3.8) is 0 Å². The van der Waals surface area contributed by atoms with Gasteiger partial charge in [-0.3, -0.25) is 0 Å². The number of hydrogen-bond donors (Lipinski definition) is 1. The Labute approximate surface area is 150 Å². The van der Waals surface area contributed by atoms with E-state index >= 15 is 0 Å². The van der Waals surface area contributed by atoms with Crippen molar-refractivity contribution in [3.05, 3.63) is 23.3 Å². The van der Waals surface area contributed by atoms with Crippen LogP contribution in [-0.2, 0) is 0 Å². The average molecular weight is 334 g/mol. The van der Waals surface area contributed by atoms with Crippen molar-refractivity contribution >= 4 is 0 Å². The fraction of sp³-hybridized carbons (Fsp3) is 0.818. The average Bonchev–Trinajstić information content (AvgIpc) is 2.46. The SMILES string of the molecule is CC1=C[C@H](C)[C@@H](CN(CCO)C[C@@H]2[C@@H](C)C=C(C)C[C@@H]2C)[C@@H](C)C1. The second-order valence-corrected chi connectivity index (χ2v) is 8.92. The summed E-state index contributed by atoms with van der Waals surface area (Å²) in [5.41, 5.74) is 3.10. The summed E-state index contributed by atoms with van der Waals surface area (Å²) < 4.78 is 0.